The summed E-state index contributed by atoms with van der Waals surface area (Å²) < 4.78 is 27.2. The minimum Gasteiger partial charge on any atom is -0.336 e. The van der Waals surface area contributed by atoms with Gasteiger partial charge in [-0.2, -0.15) is 9.57 Å². The van der Waals surface area contributed by atoms with E-state index < -0.39 is 10.0 Å². The van der Waals surface area contributed by atoms with Gasteiger partial charge < -0.3 is 4.90 Å². The Morgan fingerprint density at radius 2 is 1.54 bits per heavy atom. The van der Waals surface area contributed by atoms with E-state index in [9.17, 15) is 13.2 Å². The SMILES string of the molecule is CC(C)c1ccc(S(=O)(=O)N2CCN(C(=O)c3ccc(C#N)cc3)CC2)cc1. The monoisotopic (exact) mass is 397 g/mol. The summed E-state index contributed by atoms with van der Waals surface area (Å²) in [5.74, 6) is 0.191. The zero-order valence-electron chi connectivity index (χ0n) is 16.0. The van der Waals surface area contributed by atoms with E-state index in [1.54, 1.807) is 41.3 Å². The van der Waals surface area contributed by atoms with Crippen LogP contribution in [0.15, 0.2) is 53.4 Å². The lowest BCUT2D eigenvalue weighted by molar-refractivity contribution is 0.0698. The number of sulfonamides is 1. The number of amides is 1. The van der Waals surface area contributed by atoms with Crippen molar-refractivity contribution < 1.29 is 13.2 Å². The topological polar surface area (TPSA) is 81.5 Å². The van der Waals surface area contributed by atoms with Gasteiger partial charge in [0.25, 0.3) is 5.91 Å². The van der Waals surface area contributed by atoms with Crippen molar-refractivity contribution in [2.24, 2.45) is 0 Å². The van der Waals surface area contributed by atoms with Crippen molar-refractivity contribution in [3.63, 3.8) is 0 Å². The van der Waals surface area contributed by atoms with Gasteiger partial charge in [-0.3, -0.25) is 4.79 Å². The molecule has 3 rings (SSSR count). The fourth-order valence-electron chi connectivity index (χ4n) is 3.18. The fraction of sp³-hybridized carbons (Fsp3) is 0.333. The Kier molecular flexibility index (Phi) is 5.82. The molecule has 1 aliphatic rings. The van der Waals surface area contributed by atoms with E-state index >= 15 is 0 Å². The van der Waals surface area contributed by atoms with Crippen LogP contribution in [0, 0.1) is 11.3 Å². The second-order valence-corrected chi connectivity index (χ2v) is 9.05. The van der Waals surface area contributed by atoms with Crippen LogP contribution in [0.4, 0.5) is 0 Å². The van der Waals surface area contributed by atoms with Gasteiger partial charge in [-0.05, 0) is 47.9 Å². The van der Waals surface area contributed by atoms with Crippen LogP contribution in [0.25, 0.3) is 0 Å². The molecule has 0 aromatic heterocycles. The fourth-order valence-corrected chi connectivity index (χ4v) is 4.60. The van der Waals surface area contributed by atoms with Gasteiger partial charge in [-0.1, -0.05) is 26.0 Å². The normalized spacial score (nSPS) is 15.4. The molecule has 0 bridgehead atoms. The Morgan fingerprint density at radius 1 is 0.964 bits per heavy atom. The number of benzene rings is 2. The van der Waals surface area contributed by atoms with Crippen molar-refractivity contribution in [3.8, 4) is 6.07 Å². The van der Waals surface area contributed by atoms with Gasteiger partial charge >= 0.3 is 0 Å². The molecule has 0 spiro atoms. The molecule has 2 aromatic carbocycles. The van der Waals surface area contributed by atoms with Crippen molar-refractivity contribution in [3.05, 3.63) is 65.2 Å². The van der Waals surface area contributed by atoms with E-state index in [1.807, 2.05) is 18.2 Å². The summed E-state index contributed by atoms with van der Waals surface area (Å²) in [5.41, 5.74) is 2.09. The number of piperazine rings is 1. The molecule has 28 heavy (non-hydrogen) atoms. The highest BCUT2D eigenvalue weighted by atomic mass is 32.2. The third-order valence-electron chi connectivity index (χ3n) is 4.97. The second kappa shape index (κ2) is 8.13. The molecule has 0 saturated carbocycles. The molecule has 0 N–H and O–H groups in total. The first-order chi connectivity index (χ1) is 13.3. The van der Waals surface area contributed by atoms with Gasteiger partial charge in [0.1, 0.15) is 0 Å². The summed E-state index contributed by atoms with van der Waals surface area (Å²) in [7, 11) is -3.57. The first-order valence-corrected chi connectivity index (χ1v) is 10.7. The highest BCUT2D eigenvalue weighted by molar-refractivity contribution is 7.89. The quantitative estimate of drug-likeness (QED) is 0.794. The third kappa shape index (κ3) is 4.08. The number of nitrogens with zero attached hydrogens (tertiary/aromatic N) is 3. The molecule has 0 atom stereocenters. The molecular formula is C21H23N3O3S. The molecule has 6 nitrogen and oxygen atoms in total. The average Bonchev–Trinajstić information content (AvgIpc) is 2.73. The van der Waals surface area contributed by atoms with Gasteiger partial charge in [0, 0.05) is 31.7 Å². The average molecular weight is 398 g/mol. The van der Waals surface area contributed by atoms with Crippen LogP contribution in [0.3, 0.4) is 0 Å². The van der Waals surface area contributed by atoms with E-state index in [2.05, 4.69) is 13.8 Å². The Bertz CT molecular complexity index is 983. The summed E-state index contributed by atoms with van der Waals surface area (Å²) in [6.07, 6.45) is 0. The molecule has 1 fully saturated rings. The Hall–Kier alpha value is -2.69. The van der Waals surface area contributed by atoms with Crippen molar-refractivity contribution in [2.45, 2.75) is 24.7 Å². The zero-order chi connectivity index (χ0) is 20.3. The van der Waals surface area contributed by atoms with Crippen LogP contribution in [0.2, 0.25) is 0 Å². The number of nitriles is 1. The molecule has 2 aromatic rings. The molecule has 1 amide bonds. The number of rotatable bonds is 4. The molecule has 7 heteroatoms. The number of carbonyl (C=O) groups excluding carboxylic acids is 1. The van der Waals surface area contributed by atoms with Crippen LogP contribution in [0.1, 0.15) is 41.3 Å². The second-order valence-electron chi connectivity index (χ2n) is 7.11. The van der Waals surface area contributed by atoms with Crippen LogP contribution >= 0.6 is 0 Å². The Morgan fingerprint density at radius 3 is 2.04 bits per heavy atom. The highest BCUT2D eigenvalue weighted by Crippen LogP contribution is 2.21. The molecular weight excluding hydrogens is 374 g/mol. The van der Waals surface area contributed by atoms with Crippen LogP contribution < -0.4 is 0 Å². The lowest BCUT2D eigenvalue weighted by atomic mass is 10.0. The maximum Gasteiger partial charge on any atom is 0.253 e. The number of hydrogen-bond acceptors (Lipinski definition) is 4. The first kappa shape index (κ1) is 20.1. The maximum atomic E-state index is 12.9. The highest BCUT2D eigenvalue weighted by Gasteiger charge is 2.30. The van der Waals surface area contributed by atoms with E-state index in [1.165, 1.54) is 4.31 Å². The van der Waals surface area contributed by atoms with Gasteiger partial charge in [0.15, 0.2) is 0 Å². The molecule has 0 unspecified atom stereocenters. The maximum absolute atomic E-state index is 12.9. The van der Waals surface area contributed by atoms with E-state index in [0.717, 1.165) is 5.56 Å². The summed E-state index contributed by atoms with van der Waals surface area (Å²) in [6.45, 7) is 5.32. The van der Waals surface area contributed by atoms with Crippen LogP contribution in [-0.4, -0.2) is 49.7 Å². The molecule has 1 aliphatic heterocycles. The van der Waals surface area contributed by atoms with Gasteiger partial charge in [-0.15, -0.1) is 0 Å². The predicted molar refractivity (Wildman–Crippen MR) is 106 cm³/mol. The molecule has 0 aliphatic carbocycles. The standard InChI is InChI=1S/C21H23N3O3S/c1-16(2)18-7-9-20(10-8-18)28(26,27)24-13-11-23(12-14-24)21(25)19-5-3-17(15-22)4-6-19/h3-10,16H,11-14H2,1-2H3. The molecule has 1 saturated heterocycles. The van der Waals surface area contributed by atoms with Crippen LogP contribution in [-0.2, 0) is 10.0 Å². The summed E-state index contributed by atoms with van der Waals surface area (Å²) in [4.78, 5) is 14.5. The molecule has 1 heterocycles. The van der Waals surface area contributed by atoms with E-state index in [-0.39, 0.29) is 23.9 Å². The lowest BCUT2D eigenvalue weighted by Gasteiger charge is -2.34. The number of hydrogen-bond donors (Lipinski definition) is 0. The first-order valence-electron chi connectivity index (χ1n) is 9.22. The Balaban J connectivity index is 1.66. The minimum atomic E-state index is -3.57. The van der Waals surface area contributed by atoms with E-state index in [0.29, 0.717) is 30.1 Å². The lowest BCUT2D eigenvalue weighted by Crippen LogP contribution is -2.50. The third-order valence-corrected chi connectivity index (χ3v) is 6.88. The van der Waals surface area contributed by atoms with Crippen molar-refractivity contribution in [2.75, 3.05) is 26.2 Å². The summed E-state index contributed by atoms with van der Waals surface area (Å²) in [5, 5.41) is 8.85. The van der Waals surface area contributed by atoms with Gasteiger partial charge in [0.2, 0.25) is 10.0 Å². The number of carbonyl (C=O) groups is 1. The van der Waals surface area contributed by atoms with Crippen molar-refractivity contribution >= 4 is 15.9 Å². The van der Waals surface area contributed by atoms with Crippen molar-refractivity contribution in [1.29, 1.82) is 5.26 Å². The zero-order valence-corrected chi connectivity index (χ0v) is 16.8. The smallest absolute Gasteiger partial charge is 0.253 e. The summed E-state index contributed by atoms with van der Waals surface area (Å²) in [6, 6.07) is 15.5. The van der Waals surface area contributed by atoms with Crippen molar-refractivity contribution in [1.82, 2.24) is 9.21 Å². The summed E-state index contributed by atoms with van der Waals surface area (Å²) >= 11 is 0. The largest absolute Gasteiger partial charge is 0.336 e. The van der Waals surface area contributed by atoms with E-state index in [4.69, 9.17) is 5.26 Å². The Labute approximate surface area is 166 Å². The van der Waals surface area contributed by atoms with Gasteiger partial charge in [-0.25, -0.2) is 8.42 Å². The van der Waals surface area contributed by atoms with Gasteiger partial charge in [0.05, 0.1) is 16.5 Å². The minimum absolute atomic E-state index is 0.150. The predicted octanol–water partition coefficient (Wildman–Crippen LogP) is 2.83. The molecule has 0 radical (unpaired) electrons. The van der Waals surface area contributed by atoms with Crippen LogP contribution in [0.5, 0.6) is 0 Å². The molecule has 146 valence electrons.